The van der Waals surface area contributed by atoms with Gasteiger partial charge in [0, 0.05) is 31.3 Å². The molecule has 1 fully saturated rings. The van der Waals surface area contributed by atoms with E-state index in [9.17, 15) is 13.2 Å². The monoisotopic (exact) mass is 485 g/mol. The highest BCUT2D eigenvalue weighted by Gasteiger charge is 2.33. The molecule has 1 aromatic heterocycles. The van der Waals surface area contributed by atoms with Gasteiger partial charge in [-0.05, 0) is 55.6 Å². The molecule has 4 rings (SSSR count). The van der Waals surface area contributed by atoms with Crippen LogP contribution in [0, 0.1) is 0 Å². The first-order valence-corrected chi connectivity index (χ1v) is 12.3. The summed E-state index contributed by atoms with van der Waals surface area (Å²) in [6, 6.07) is 16.5. The van der Waals surface area contributed by atoms with Crippen molar-refractivity contribution in [3.05, 3.63) is 60.8 Å². The number of amides is 1. The topological polar surface area (TPSA) is 106 Å². The van der Waals surface area contributed by atoms with Gasteiger partial charge in [0.1, 0.15) is 5.75 Å². The van der Waals surface area contributed by atoms with Gasteiger partial charge >= 0.3 is 6.15 Å². The summed E-state index contributed by atoms with van der Waals surface area (Å²) in [7, 11) is -3.87. The maximum Gasteiger partial charge on any atom is 0.373 e. The van der Waals surface area contributed by atoms with Gasteiger partial charge in [0.25, 0.3) is 15.9 Å². The smallest absolute Gasteiger partial charge is 0.373 e. The van der Waals surface area contributed by atoms with Crippen molar-refractivity contribution in [2.24, 2.45) is 0 Å². The Morgan fingerprint density at radius 3 is 2.29 bits per heavy atom. The van der Waals surface area contributed by atoms with Crippen LogP contribution in [0.5, 0.6) is 5.75 Å². The fraction of sp³-hybridized carbons (Fsp3) is 0.333. The van der Waals surface area contributed by atoms with Gasteiger partial charge in [0.05, 0.1) is 24.1 Å². The SMILES string of the molecule is CC(C)Oc1ccc(S(=O)(=O)N2CCN(CCn3ccc4ccccc43)CC2=O)cc1.O=C=O. The van der Waals surface area contributed by atoms with E-state index in [1.807, 2.05) is 37.1 Å². The minimum absolute atomic E-state index is 0.00152. The fourth-order valence-electron chi connectivity index (χ4n) is 3.83. The second-order valence-electron chi connectivity index (χ2n) is 8.04. The highest BCUT2D eigenvalue weighted by atomic mass is 32.2. The van der Waals surface area contributed by atoms with E-state index < -0.39 is 15.9 Å². The molecule has 1 amide bonds. The molecule has 1 aliphatic heterocycles. The van der Waals surface area contributed by atoms with Crippen LogP contribution in [0.1, 0.15) is 13.8 Å². The molecule has 180 valence electrons. The minimum Gasteiger partial charge on any atom is -0.491 e. The summed E-state index contributed by atoms with van der Waals surface area (Å²) in [5.74, 6) is 0.203. The zero-order valence-electron chi connectivity index (χ0n) is 19.1. The third-order valence-electron chi connectivity index (χ3n) is 5.38. The van der Waals surface area contributed by atoms with E-state index in [1.54, 1.807) is 12.1 Å². The molecule has 9 nitrogen and oxygen atoms in total. The molecule has 3 aromatic rings. The number of hydrogen-bond acceptors (Lipinski definition) is 7. The summed E-state index contributed by atoms with van der Waals surface area (Å²) in [6.45, 7) is 5.98. The third kappa shape index (κ3) is 5.91. The molecule has 0 atom stereocenters. The van der Waals surface area contributed by atoms with Crippen LogP contribution in [0.4, 0.5) is 0 Å². The summed E-state index contributed by atoms with van der Waals surface area (Å²) >= 11 is 0. The number of hydrogen-bond donors (Lipinski definition) is 0. The number of ether oxygens (including phenoxy) is 1. The normalized spacial score (nSPS) is 14.6. The van der Waals surface area contributed by atoms with Gasteiger partial charge in [-0.2, -0.15) is 9.59 Å². The molecule has 2 heterocycles. The van der Waals surface area contributed by atoms with E-state index >= 15 is 0 Å². The second kappa shape index (κ2) is 11.1. The Hall–Kier alpha value is -3.46. The van der Waals surface area contributed by atoms with Crippen molar-refractivity contribution in [2.75, 3.05) is 26.2 Å². The van der Waals surface area contributed by atoms with Crippen LogP contribution in [0.15, 0.2) is 65.7 Å². The lowest BCUT2D eigenvalue weighted by Gasteiger charge is -2.33. The van der Waals surface area contributed by atoms with Gasteiger partial charge in [-0.3, -0.25) is 9.69 Å². The molecule has 0 bridgehead atoms. The molecule has 0 N–H and O–H groups in total. The Morgan fingerprint density at radius 2 is 1.65 bits per heavy atom. The number of nitrogens with zero attached hydrogens (tertiary/aromatic N) is 3. The zero-order chi connectivity index (χ0) is 24.7. The van der Waals surface area contributed by atoms with E-state index in [0.29, 0.717) is 18.8 Å². The van der Waals surface area contributed by atoms with E-state index in [2.05, 4.69) is 22.8 Å². The van der Waals surface area contributed by atoms with Gasteiger partial charge in [0.2, 0.25) is 0 Å². The van der Waals surface area contributed by atoms with E-state index in [1.165, 1.54) is 17.5 Å². The maximum atomic E-state index is 13.0. The lowest BCUT2D eigenvalue weighted by Crippen LogP contribution is -2.52. The molecule has 0 radical (unpaired) electrons. The Labute approximate surface area is 198 Å². The summed E-state index contributed by atoms with van der Waals surface area (Å²) in [5, 5.41) is 1.18. The van der Waals surface area contributed by atoms with Crippen molar-refractivity contribution in [2.45, 2.75) is 31.4 Å². The fourth-order valence-corrected chi connectivity index (χ4v) is 5.21. The Bertz CT molecular complexity index is 1260. The molecule has 0 unspecified atom stereocenters. The number of carbonyl (C=O) groups excluding carboxylic acids is 3. The van der Waals surface area contributed by atoms with Crippen molar-refractivity contribution in [1.29, 1.82) is 0 Å². The van der Waals surface area contributed by atoms with Gasteiger partial charge in [-0.1, -0.05) is 18.2 Å². The number of sulfonamides is 1. The van der Waals surface area contributed by atoms with Gasteiger partial charge in [0.15, 0.2) is 0 Å². The number of fused-ring (bicyclic) bond motifs is 1. The van der Waals surface area contributed by atoms with Crippen molar-refractivity contribution >= 4 is 33.0 Å². The first kappa shape index (κ1) is 25.2. The number of rotatable bonds is 7. The first-order chi connectivity index (χ1) is 16.3. The molecule has 34 heavy (non-hydrogen) atoms. The highest BCUT2D eigenvalue weighted by molar-refractivity contribution is 7.89. The van der Waals surface area contributed by atoms with Crippen molar-refractivity contribution in [1.82, 2.24) is 13.8 Å². The number of para-hydroxylation sites is 1. The number of benzene rings is 2. The predicted octanol–water partition coefficient (Wildman–Crippen LogP) is 2.38. The van der Waals surface area contributed by atoms with Crippen LogP contribution in [0.2, 0.25) is 0 Å². The average molecular weight is 486 g/mol. The third-order valence-corrected chi connectivity index (χ3v) is 7.21. The quantitative estimate of drug-likeness (QED) is 0.506. The minimum atomic E-state index is -3.87. The van der Waals surface area contributed by atoms with Crippen LogP contribution < -0.4 is 4.74 Å². The van der Waals surface area contributed by atoms with Crippen molar-refractivity contribution in [3.63, 3.8) is 0 Å². The largest absolute Gasteiger partial charge is 0.491 e. The number of piperazine rings is 1. The van der Waals surface area contributed by atoms with E-state index in [-0.39, 0.29) is 30.2 Å². The Balaban J connectivity index is 0.00000103. The summed E-state index contributed by atoms with van der Waals surface area (Å²) < 4.78 is 34.7. The van der Waals surface area contributed by atoms with Crippen LogP contribution >= 0.6 is 0 Å². The number of aromatic nitrogens is 1. The summed E-state index contributed by atoms with van der Waals surface area (Å²) in [6.07, 6.45) is 2.29. The Kier molecular flexibility index (Phi) is 8.22. The average Bonchev–Trinajstić information content (AvgIpc) is 3.21. The van der Waals surface area contributed by atoms with Crippen LogP contribution in [0.3, 0.4) is 0 Å². The molecule has 1 aliphatic rings. The molecule has 1 saturated heterocycles. The Morgan fingerprint density at radius 1 is 0.971 bits per heavy atom. The molecular weight excluding hydrogens is 458 g/mol. The van der Waals surface area contributed by atoms with Crippen LogP contribution in [0.25, 0.3) is 10.9 Å². The van der Waals surface area contributed by atoms with Crippen molar-refractivity contribution < 1.29 is 27.5 Å². The molecule has 10 heteroatoms. The van der Waals surface area contributed by atoms with Gasteiger partial charge < -0.3 is 9.30 Å². The molecule has 0 aliphatic carbocycles. The number of carbonyl (C=O) groups is 1. The predicted molar refractivity (Wildman–Crippen MR) is 124 cm³/mol. The van der Waals surface area contributed by atoms with Gasteiger partial charge in [-0.25, -0.2) is 12.7 Å². The highest BCUT2D eigenvalue weighted by Crippen LogP contribution is 2.22. The zero-order valence-corrected chi connectivity index (χ0v) is 19.9. The summed E-state index contributed by atoms with van der Waals surface area (Å²) in [4.78, 5) is 31.0. The van der Waals surface area contributed by atoms with Crippen molar-refractivity contribution in [3.8, 4) is 5.75 Å². The molecular formula is C24H27N3O6S. The standard InChI is InChI=1S/C23H27N3O4S.CO2/c1-18(2)30-20-7-9-21(10-8-20)31(28,29)26-16-14-24(17-23(26)27)13-15-25-12-11-19-5-3-4-6-22(19)25;2-1-3/h3-12,18H,13-17H2,1-2H3;. The molecule has 2 aromatic carbocycles. The maximum absolute atomic E-state index is 13.0. The summed E-state index contributed by atoms with van der Waals surface area (Å²) in [5.41, 5.74) is 1.15. The lowest BCUT2D eigenvalue weighted by molar-refractivity contribution is -0.191. The first-order valence-electron chi connectivity index (χ1n) is 10.8. The van der Waals surface area contributed by atoms with Gasteiger partial charge in [-0.15, -0.1) is 0 Å². The van der Waals surface area contributed by atoms with E-state index in [0.717, 1.165) is 16.4 Å². The lowest BCUT2D eigenvalue weighted by atomic mass is 10.2. The van der Waals surface area contributed by atoms with Crippen LogP contribution in [-0.2, 0) is 31.0 Å². The molecule has 0 saturated carbocycles. The molecule has 0 spiro atoms. The second-order valence-corrected chi connectivity index (χ2v) is 9.90. The van der Waals surface area contributed by atoms with E-state index in [4.69, 9.17) is 14.3 Å². The van der Waals surface area contributed by atoms with Crippen LogP contribution in [-0.4, -0.2) is 66.5 Å².